The summed E-state index contributed by atoms with van der Waals surface area (Å²) in [6.45, 7) is 0.191. The van der Waals surface area contributed by atoms with Gasteiger partial charge in [0.25, 0.3) is 0 Å². The summed E-state index contributed by atoms with van der Waals surface area (Å²) in [5.41, 5.74) is 0.451. The number of rotatable bonds is 6. The average Bonchev–Trinajstić information content (AvgIpc) is 2.38. The van der Waals surface area contributed by atoms with E-state index in [0.717, 1.165) is 6.07 Å². The Hall–Kier alpha value is -1.95. The highest BCUT2D eigenvalue weighted by atomic mass is 79.9. The van der Waals surface area contributed by atoms with Crippen molar-refractivity contribution < 1.29 is 22.7 Å². The van der Waals surface area contributed by atoms with Gasteiger partial charge in [-0.1, -0.05) is 0 Å². The molecule has 114 valence electrons. The van der Waals surface area contributed by atoms with E-state index in [1.165, 1.54) is 12.1 Å². The van der Waals surface area contributed by atoms with Gasteiger partial charge in [-0.2, -0.15) is 5.26 Å². The first kappa shape index (κ1) is 17.1. The van der Waals surface area contributed by atoms with Gasteiger partial charge < -0.3 is 15.4 Å². The van der Waals surface area contributed by atoms with E-state index >= 15 is 0 Å². The van der Waals surface area contributed by atoms with Crippen molar-refractivity contribution in [2.45, 2.75) is 12.8 Å². The minimum atomic E-state index is -4.77. The molecule has 0 unspecified atom stereocenters. The quantitative estimate of drug-likeness (QED) is 0.760. The molecule has 0 heterocycles. The predicted octanol–water partition coefficient (Wildman–Crippen LogP) is 2.79. The molecule has 0 fully saturated rings. The van der Waals surface area contributed by atoms with Crippen LogP contribution < -0.4 is 15.4 Å². The molecule has 0 spiro atoms. The smallest absolute Gasteiger partial charge is 0.405 e. The Kier molecular flexibility index (Phi) is 6.30. The summed E-state index contributed by atoms with van der Waals surface area (Å²) in [7, 11) is 0. The van der Waals surface area contributed by atoms with Crippen LogP contribution in [0.3, 0.4) is 0 Å². The number of halogens is 4. The summed E-state index contributed by atoms with van der Waals surface area (Å²) in [5.74, 6) is -0.691. The van der Waals surface area contributed by atoms with E-state index in [1.807, 2.05) is 6.07 Å². The van der Waals surface area contributed by atoms with Crippen molar-refractivity contribution in [3.05, 3.63) is 22.7 Å². The Morgan fingerprint density at radius 1 is 1.43 bits per heavy atom. The van der Waals surface area contributed by atoms with Crippen molar-refractivity contribution in [2.24, 2.45) is 0 Å². The number of amides is 1. The van der Waals surface area contributed by atoms with Crippen LogP contribution in [0.1, 0.15) is 6.42 Å². The molecule has 9 heteroatoms. The second-order valence-corrected chi connectivity index (χ2v) is 4.66. The number of nitrogens with one attached hydrogen (secondary N) is 2. The maximum absolute atomic E-state index is 12.1. The summed E-state index contributed by atoms with van der Waals surface area (Å²) in [6.07, 6.45) is -4.56. The highest BCUT2D eigenvalue weighted by molar-refractivity contribution is 9.10. The summed E-state index contributed by atoms with van der Waals surface area (Å²) in [5, 5.41) is 13.6. The van der Waals surface area contributed by atoms with Crippen molar-refractivity contribution >= 4 is 27.5 Å². The number of alkyl halides is 3. The molecule has 0 aliphatic carbocycles. The second kappa shape index (κ2) is 7.73. The van der Waals surface area contributed by atoms with Crippen LogP contribution in [0, 0.1) is 11.3 Å². The molecule has 1 amide bonds. The van der Waals surface area contributed by atoms with Crippen LogP contribution >= 0.6 is 15.9 Å². The van der Waals surface area contributed by atoms with E-state index in [-0.39, 0.29) is 35.6 Å². The molecule has 0 atom stereocenters. The summed E-state index contributed by atoms with van der Waals surface area (Å²) >= 11 is 2.96. The Morgan fingerprint density at radius 3 is 2.71 bits per heavy atom. The fourth-order valence-corrected chi connectivity index (χ4v) is 1.78. The SMILES string of the molecule is N#CCCNC(=O)CNc1ccc(OC(F)(F)F)c(Br)c1. The molecule has 0 aliphatic rings. The zero-order chi connectivity index (χ0) is 15.9. The Balaban J connectivity index is 2.52. The van der Waals surface area contributed by atoms with Crippen molar-refractivity contribution in [1.82, 2.24) is 5.32 Å². The lowest BCUT2D eigenvalue weighted by atomic mass is 10.3. The van der Waals surface area contributed by atoms with Crippen molar-refractivity contribution in [3.8, 4) is 11.8 Å². The molecule has 0 radical (unpaired) electrons. The molecule has 1 rings (SSSR count). The Morgan fingerprint density at radius 2 is 2.14 bits per heavy atom. The van der Waals surface area contributed by atoms with Crippen LogP contribution in [-0.4, -0.2) is 25.4 Å². The predicted molar refractivity (Wildman–Crippen MR) is 72.6 cm³/mol. The van der Waals surface area contributed by atoms with Gasteiger partial charge in [0, 0.05) is 12.2 Å². The third-order valence-electron chi connectivity index (χ3n) is 2.17. The van der Waals surface area contributed by atoms with Crippen LogP contribution in [0.4, 0.5) is 18.9 Å². The van der Waals surface area contributed by atoms with Gasteiger partial charge in [0.05, 0.1) is 23.5 Å². The number of hydrogen-bond acceptors (Lipinski definition) is 4. The van der Waals surface area contributed by atoms with Gasteiger partial charge in [-0.25, -0.2) is 0 Å². The second-order valence-electron chi connectivity index (χ2n) is 3.80. The summed E-state index contributed by atoms with van der Waals surface area (Å²) < 4.78 is 40.2. The highest BCUT2D eigenvalue weighted by Gasteiger charge is 2.31. The average molecular weight is 366 g/mol. The van der Waals surface area contributed by atoms with Crippen molar-refractivity contribution in [3.63, 3.8) is 0 Å². The standard InChI is InChI=1S/C12H11BrF3N3O2/c13-9-6-8(2-3-10(9)21-12(14,15)16)19-7-11(20)18-5-1-4-17/h2-3,6,19H,1,5,7H2,(H,18,20). The highest BCUT2D eigenvalue weighted by Crippen LogP contribution is 2.32. The van der Waals surface area contributed by atoms with Gasteiger partial charge >= 0.3 is 6.36 Å². The van der Waals surface area contributed by atoms with E-state index < -0.39 is 6.36 Å². The topological polar surface area (TPSA) is 74.2 Å². The molecule has 0 bridgehead atoms. The number of ether oxygens (including phenoxy) is 1. The Bertz CT molecular complexity index is 544. The largest absolute Gasteiger partial charge is 0.573 e. The number of nitrogens with zero attached hydrogens (tertiary/aromatic N) is 1. The first-order chi connectivity index (χ1) is 9.81. The maximum Gasteiger partial charge on any atom is 0.573 e. The number of carbonyl (C=O) groups excluding carboxylic acids is 1. The first-order valence-corrected chi connectivity index (χ1v) is 6.54. The van der Waals surface area contributed by atoms with Gasteiger partial charge in [-0.3, -0.25) is 4.79 Å². The molecule has 0 aromatic heterocycles. The molecule has 1 aromatic carbocycles. The van der Waals surface area contributed by atoms with Crippen molar-refractivity contribution in [2.75, 3.05) is 18.4 Å². The van der Waals surface area contributed by atoms with Crippen molar-refractivity contribution in [1.29, 1.82) is 5.26 Å². The van der Waals surface area contributed by atoms with E-state index in [2.05, 4.69) is 31.3 Å². The van der Waals surface area contributed by atoms with Gasteiger partial charge in [0.2, 0.25) is 5.91 Å². The number of benzene rings is 1. The van der Waals surface area contributed by atoms with Crippen LogP contribution in [0.15, 0.2) is 22.7 Å². The lowest BCUT2D eigenvalue weighted by Gasteiger charge is -2.12. The number of hydrogen-bond donors (Lipinski definition) is 2. The molecule has 0 saturated carbocycles. The molecule has 21 heavy (non-hydrogen) atoms. The zero-order valence-electron chi connectivity index (χ0n) is 10.6. The monoisotopic (exact) mass is 365 g/mol. The molecular formula is C12H11BrF3N3O2. The van der Waals surface area contributed by atoms with Crippen LogP contribution in [-0.2, 0) is 4.79 Å². The fourth-order valence-electron chi connectivity index (χ4n) is 1.32. The molecule has 0 saturated heterocycles. The molecule has 0 aliphatic heterocycles. The van der Waals surface area contributed by atoms with Crippen LogP contribution in [0.5, 0.6) is 5.75 Å². The lowest BCUT2D eigenvalue weighted by molar-refractivity contribution is -0.274. The van der Waals surface area contributed by atoms with Gasteiger partial charge in [0.15, 0.2) is 0 Å². The minimum absolute atomic E-state index is 0.0582. The van der Waals surface area contributed by atoms with E-state index in [0.29, 0.717) is 5.69 Å². The third kappa shape index (κ3) is 6.85. The third-order valence-corrected chi connectivity index (χ3v) is 2.79. The first-order valence-electron chi connectivity index (χ1n) is 5.74. The number of anilines is 1. The van der Waals surface area contributed by atoms with E-state index in [1.54, 1.807) is 0 Å². The van der Waals surface area contributed by atoms with Gasteiger partial charge in [-0.05, 0) is 34.1 Å². The van der Waals surface area contributed by atoms with Crippen LogP contribution in [0.2, 0.25) is 0 Å². The normalized spacial score (nSPS) is 10.6. The molecule has 5 nitrogen and oxygen atoms in total. The van der Waals surface area contributed by atoms with Crippen LogP contribution in [0.25, 0.3) is 0 Å². The summed E-state index contributed by atoms with van der Waals surface area (Å²) in [6, 6.07) is 5.73. The lowest BCUT2D eigenvalue weighted by Crippen LogP contribution is -2.30. The molecular weight excluding hydrogens is 355 g/mol. The fraction of sp³-hybridized carbons (Fsp3) is 0.333. The van der Waals surface area contributed by atoms with E-state index in [9.17, 15) is 18.0 Å². The number of carbonyl (C=O) groups is 1. The van der Waals surface area contributed by atoms with Gasteiger partial charge in [0.1, 0.15) is 5.75 Å². The van der Waals surface area contributed by atoms with E-state index in [4.69, 9.17) is 5.26 Å². The Labute approximate surface area is 127 Å². The molecule has 1 aromatic rings. The maximum atomic E-state index is 12.1. The zero-order valence-corrected chi connectivity index (χ0v) is 12.2. The molecule has 2 N–H and O–H groups in total. The summed E-state index contributed by atoms with van der Waals surface area (Å²) in [4.78, 5) is 11.4. The minimum Gasteiger partial charge on any atom is -0.405 e. The van der Waals surface area contributed by atoms with Gasteiger partial charge in [-0.15, -0.1) is 13.2 Å². The number of nitriles is 1.